The van der Waals surface area contributed by atoms with Crippen molar-refractivity contribution in [2.75, 3.05) is 32.7 Å². The quantitative estimate of drug-likeness (QED) is 0.269. The van der Waals surface area contributed by atoms with Crippen LogP contribution in [0.25, 0.3) is 16.8 Å². The summed E-state index contributed by atoms with van der Waals surface area (Å²) < 4.78 is 2.00. The van der Waals surface area contributed by atoms with Crippen LogP contribution in [0.3, 0.4) is 0 Å². The average molecular weight is 513 g/mol. The van der Waals surface area contributed by atoms with E-state index < -0.39 is 0 Å². The number of likely N-dealkylation sites (tertiary alicyclic amines) is 1. The van der Waals surface area contributed by atoms with E-state index in [-0.39, 0.29) is 5.91 Å². The molecule has 1 amide bonds. The number of amides is 1. The van der Waals surface area contributed by atoms with Crippen molar-refractivity contribution in [1.29, 1.82) is 0 Å². The SMILES string of the molecule is Cc1ccc(-c2nn3ccc(C(=O)N(CCC4CC4)CCC4CC4)cc3c2CCCN2CCCCC2)cc1. The van der Waals surface area contributed by atoms with E-state index in [1.165, 1.54) is 69.2 Å². The summed E-state index contributed by atoms with van der Waals surface area (Å²) in [6.07, 6.45) is 15.8. The summed E-state index contributed by atoms with van der Waals surface area (Å²) in [5.74, 6) is 1.88. The number of pyridine rings is 1. The molecule has 3 heterocycles. The number of fused-ring (bicyclic) bond motifs is 1. The lowest BCUT2D eigenvalue weighted by molar-refractivity contribution is 0.0747. The molecule has 5 heteroatoms. The summed E-state index contributed by atoms with van der Waals surface area (Å²) >= 11 is 0. The smallest absolute Gasteiger partial charge is 0.253 e. The van der Waals surface area contributed by atoms with Crippen molar-refractivity contribution in [1.82, 2.24) is 19.4 Å². The van der Waals surface area contributed by atoms with Crippen LogP contribution in [0.15, 0.2) is 42.6 Å². The van der Waals surface area contributed by atoms with Gasteiger partial charge in [-0.3, -0.25) is 4.79 Å². The van der Waals surface area contributed by atoms with E-state index in [0.29, 0.717) is 0 Å². The van der Waals surface area contributed by atoms with Gasteiger partial charge in [0, 0.05) is 36.0 Å². The molecule has 202 valence electrons. The van der Waals surface area contributed by atoms with Gasteiger partial charge in [0.15, 0.2) is 0 Å². The first-order valence-electron chi connectivity index (χ1n) is 15.2. The Hall–Kier alpha value is -2.66. The van der Waals surface area contributed by atoms with Crippen LogP contribution >= 0.6 is 0 Å². The normalized spacial score (nSPS) is 18.2. The van der Waals surface area contributed by atoms with Crippen LogP contribution in [0.4, 0.5) is 0 Å². The second kappa shape index (κ2) is 11.6. The van der Waals surface area contributed by atoms with Crippen LogP contribution in [0.2, 0.25) is 0 Å². The predicted molar refractivity (Wildman–Crippen MR) is 155 cm³/mol. The lowest BCUT2D eigenvalue weighted by Gasteiger charge is -2.26. The van der Waals surface area contributed by atoms with Gasteiger partial charge in [0.2, 0.25) is 0 Å². The van der Waals surface area contributed by atoms with Gasteiger partial charge in [0.05, 0.1) is 11.2 Å². The number of aromatic nitrogens is 2. The largest absolute Gasteiger partial charge is 0.339 e. The molecule has 3 aromatic rings. The Morgan fingerprint density at radius 2 is 1.63 bits per heavy atom. The molecule has 6 rings (SSSR count). The van der Waals surface area contributed by atoms with Crippen LogP contribution in [0.5, 0.6) is 0 Å². The number of nitrogens with zero attached hydrogens (tertiary/aromatic N) is 4. The van der Waals surface area contributed by atoms with Crippen LogP contribution in [-0.2, 0) is 6.42 Å². The van der Waals surface area contributed by atoms with E-state index in [0.717, 1.165) is 79.5 Å². The van der Waals surface area contributed by atoms with Gasteiger partial charge < -0.3 is 9.80 Å². The third-order valence-electron chi connectivity index (χ3n) is 8.95. The Morgan fingerprint density at radius 3 is 2.29 bits per heavy atom. The van der Waals surface area contributed by atoms with E-state index in [4.69, 9.17) is 5.10 Å². The Morgan fingerprint density at radius 1 is 0.947 bits per heavy atom. The molecule has 0 atom stereocenters. The number of benzene rings is 1. The molecule has 3 aliphatic rings. The zero-order valence-electron chi connectivity index (χ0n) is 23.2. The van der Waals surface area contributed by atoms with E-state index in [9.17, 15) is 4.79 Å². The van der Waals surface area contributed by atoms with Gasteiger partial charge in [-0.05, 0) is 89.1 Å². The topological polar surface area (TPSA) is 40.9 Å². The minimum atomic E-state index is 0.200. The van der Waals surface area contributed by atoms with Gasteiger partial charge in [0.1, 0.15) is 0 Å². The summed E-state index contributed by atoms with van der Waals surface area (Å²) in [6.45, 7) is 7.53. The van der Waals surface area contributed by atoms with Gasteiger partial charge >= 0.3 is 0 Å². The number of carbonyl (C=O) groups excluding carboxylic acids is 1. The molecular weight excluding hydrogens is 468 g/mol. The van der Waals surface area contributed by atoms with Gasteiger partial charge in [-0.15, -0.1) is 0 Å². The molecule has 2 aliphatic carbocycles. The monoisotopic (exact) mass is 512 g/mol. The highest BCUT2D eigenvalue weighted by Crippen LogP contribution is 2.35. The number of carbonyl (C=O) groups is 1. The maximum atomic E-state index is 13.8. The molecule has 38 heavy (non-hydrogen) atoms. The lowest BCUT2D eigenvalue weighted by Crippen LogP contribution is -2.33. The fraction of sp³-hybridized carbons (Fsp3) is 0.576. The standard InChI is InChI=1S/C33H44N4O/c1-25-7-13-28(14-8-25)32-30(6-5-20-35-18-3-2-4-19-35)31-24-29(17-23-37(31)34-32)33(38)36(21-15-26-9-10-26)22-16-27-11-12-27/h7-8,13-14,17,23-24,26-27H,2-6,9-12,15-16,18-22H2,1H3. The Kier molecular flexibility index (Phi) is 7.82. The fourth-order valence-corrected chi connectivity index (χ4v) is 6.07. The Balaban J connectivity index is 1.27. The molecule has 3 fully saturated rings. The highest BCUT2D eigenvalue weighted by Gasteiger charge is 2.27. The van der Waals surface area contributed by atoms with E-state index in [1.54, 1.807) is 0 Å². The van der Waals surface area contributed by atoms with Gasteiger partial charge in [-0.2, -0.15) is 5.10 Å². The molecule has 0 spiro atoms. The van der Waals surface area contributed by atoms with Crippen molar-refractivity contribution in [3.63, 3.8) is 0 Å². The van der Waals surface area contributed by atoms with Gasteiger partial charge in [-0.1, -0.05) is 61.9 Å². The maximum absolute atomic E-state index is 13.8. The van der Waals surface area contributed by atoms with Gasteiger partial charge in [-0.25, -0.2) is 4.52 Å². The van der Waals surface area contributed by atoms with Crippen molar-refractivity contribution in [2.45, 2.75) is 77.6 Å². The highest BCUT2D eigenvalue weighted by molar-refractivity contribution is 5.95. The highest BCUT2D eigenvalue weighted by atomic mass is 16.2. The average Bonchev–Trinajstić information content (AvgIpc) is 3.88. The first-order valence-corrected chi connectivity index (χ1v) is 15.2. The molecule has 1 aliphatic heterocycles. The van der Waals surface area contributed by atoms with Gasteiger partial charge in [0.25, 0.3) is 5.91 Å². The van der Waals surface area contributed by atoms with Crippen molar-refractivity contribution in [3.8, 4) is 11.3 Å². The zero-order chi connectivity index (χ0) is 25.9. The van der Waals surface area contributed by atoms with Crippen molar-refractivity contribution < 1.29 is 4.79 Å². The third kappa shape index (κ3) is 6.31. The number of hydrogen-bond acceptors (Lipinski definition) is 3. The molecule has 1 aromatic carbocycles. The summed E-state index contributed by atoms with van der Waals surface area (Å²) in [6, 6.07) is 12.8. The summed E-state index contributed by atoms with van der Waals surface area (Å²) in [4.78, 5) is 18.6. The first-order chi connectivity index (χ1) is 18.6. The number of rotatable bonds is 12. The van der Waals surface area contributed by atoms with Crippen LogP contribution < -0.4 is 0 Å². The molecule has 5 nitrogen and oxygen atoms in total. The molecule has 0 bridgehead atoms. The Bertz CT molecular complexity index is 1220. The molecular formula is C33H44N4O. The minimum absolute atomic E-state index is 0.200. The maximum Gasteiger partial charge on any atom is 0.253 e. The summed E-state index contributed by atoms with van der Waals surface area (Å²) in [5.41, 5.74) is 6.67. The van der Waals surface area contributed by atoms with E-state index in [2.05, 4.69) is 47.1 Å². The molecule has 0 unspecified atom stereocenters. The second-order valence-electron chi connectivity index (χ2n) is 12.2. The lowest BCUT2D eigenvalue weighted by atomic mass is 10.0. The van der Waals surface area contributed by atoms with E-state index >= 15 is 0 Å². The fourth-order valence-electron chi connectivity index (χ4n) is 6.07. The number of piperidine rings is 1. The van der Waals surface area contributed by atoms with Crippen molar-refractivity contribution >= 4 is 11.4 Å². The molecule has 2 aromatic heterocycles. The number of aryl methyl sites for hydroxylation is 2. The summed E-state index contributed by atoms with van der Waals surface area (Å²) in [7, 11) is 0. The van der Waals surface area contributed by atoms with Crippen LogP contribution in [0.1, 0.15) is 85.7 Å². The van der Waals surface area contributed by atoms with Crippen LogP contribution in [0, 0.1) is 18.8 Å². The molecule has 1 saturated heterocycles. The zero-order valence-corrected chi connectivity index (χ0v) is 23.2. The first kappa shape index (κ1) is 25.6. The summed E-state index contributed by atoms with van der Waals surface area (Å²) in [5, 5.41) is 5.04. The molecule has 2 saturated carbocycles. The number of hydrogen-bond donors (Lipinski definition) is 0. The second-order valence-corrected chi connectivity index (χ2v) is 12.2. The van der Waals surface area contributed by atoms with Crippen LogP contribution in [-0.4, -0.2) is 58.0 Å². The molecule has 0 N–H and O–H groups in total. The Labute approximate surface area is 228 Å². The molecule has 0 radical (unpaired) electrons. The van der Waals surface area contributed by atoms with E-state index in [1.807, 2.05) is 16.8 Å². The minimum Gasteiger partial charge on any atom is -0.339 e. The third-order valence-corrected chi connectivity index (χ3v) is 8.95. The van der Waals surface area contributed by atoms with Crippen molar-refractivity contribution in [2.24, 2.45) is 11.8 Å². The van der Waals surface area contributed by atoms with Crippen molar-refractivity contribution in [3.05, 3.63) is 59.3 Å². The predicted octanol–water partition coefficient (Wildman–Crippen LogP) is 6.77.